The fourth-order valence-electron chi connectivity index (χ4n) is 2.76. The second kappa shape index (κ2) is 5.28. The van der Waals surface area contributed by atoms with Gasteiger partial charge in [0, 0.05) is 19.0 Å². The van der Waals surface area contributed by atoms with Gasteiger partial charge in [0.1, 0.15) is 11.5 Å². The van der Waals surface area contributed by atoms with Gasteiger partial charge in [-0.3, -0.25) is 14.3 Å². The highest BCUT2D eigenvalue weighted by Gasteiger charge is 2.28. The number of hydrogen-bond donors (Lipinski definition) is 2. The molecule has 8 nitrogen and oxygen atoms in total. The van der Waals surface area contributed by atoms with Crippen LogP contribution in [-0.4, -0.2) is 26.8 Å². The Morgan fingerprint density at radius 3 is 3.00 bits per heavy atom. The van der Waals surface area contributed by atoms with Crippen LogP contribution in [0.1, 0.15) is 45.6 Å². The van der Waals surface area contributed by atoms with Crippen LogP contribution in [0.2, 0.25) is 0 Å². The topological polar surface area (TPSA) is 116 Å². The van der Waals surface area contributed by atoms with E-state index in [0.717, 1.165) is 30.6 Å². The molecule has 1 aliphatic carbocycles. The van der Waals surface area contributed by atoms with E-state index in [0.29, 0.717) is 5.92 Å². The normalized spacial score (nSPS) is 17.1. The summed E-state index contributed by atoms with van der Waals surface area (Å²) in [4.78, 5) is 23.8. The van der Waals surface area contributed by atoms with Crippen LogP contribution in [0.25, 0.3) is 0 Å². The number of hydrogen-bond acceptors (Lipinski definition) is 5. The first kappa shape index (κ1) is 14.3. The second-order valence-corrected chi connectivity index (χ2v) is 5.63. The van der Waals surface area contributed by atoms with Crippen molar-refractivity contribution in [3.05, 3.63) is 28.9 Å². The van der Waals surface area contributed by atoms with Crippen molar-refractivity contribution in [2.24, 2.45) is 18.7 Å². The highest BCUT2D eigenvalue weighted by molar-refractivity contribution is 6.07. The number of carbonyl (C=O) groups is 2. The largest absolute Gasteiger partial charge is 0.364 e. The summed E-state index contributed by atoms with van der Waals surface area (Å²) in [7, 11) is 1.58. The van der Waals surface area contributed by atoms with Crippen LogP contribution < -0.4 is 11.1 Å². The summed E-state index contributed by atoms with van der Waals surface area (Å²) in [6.07, 6.45) is 3.96. The fraction of sp³-hybridized carbons (Fsp3) is 0.429. The molecule has 0 unspecified atom stereocenters. The quantitative estimate of drug-likeness (QED) is 0.873. The molecule has 1 atom stereocenters. The summed E-state index contributed by atoms with van der Waals surface area (Å²) in [5.74, 6) is 0.170. The molecule has 0 saturated heterocycles. The lowest BCUT2D eigenvalue weighted by atomic mass is 9.88. The zero-order valence-electron chi connectivity index (χ0n) is 12.4. The van der Waals surface area contributed by atoms with E-state index in [1.54, 1.807) is 7.05 Å². The maximum Gasteiger partial charge on any atom is 0.278 e. The van der Waals surface area contributed by atoms with Crippen LogP contribution in [-0.2, 0) is 19.9 Å². The molecule has 116 valence electrons. The molecule has 22 heavy (non-hydrogen) atoms. The van der Waals surface area contributed by atoms with Crippen LogP contribution in [0.5, 0.6) is 0 Å². The molecule has 3 rings (SSSR count). The maximum atomic E-state index is 12.4. The van der Waals surface area contributed by atoms with E-state index in [2.05, 4.69) is 22.5 Å². The summed E-state index contributed by atoms with van der Waals surface area (Å²) in [5, 5.41) is 10.4. The Kier molecular flexibility index (Phi) is 3.44. The number of nitrogens with zero attached hydrogens (tertiary/aromatic N) is 3. The van der Waals surface area contributed by atoms with Gasteiger partial charge in [0.2, 0.25) is 0 Å². The van der Waals surface area contributed by atoms with Crippen molar-refractivity contribution in [3.63, 3.8) is 0 Å². The Balaban J connectivity index is 1.87. The molecule has 8 heteroatoms. The first-order chi connectivity index (χ1) is 10.5. The minimum Gasteiger partial charge on any atom is -0.364 e. The first-order valence-electron chi connectivity index (χ1n) is 7.08. The number of carbonyl (C=O) groups excluding carboxylic acids is 2. The minimum atomic E-state index is -0.661. The van der Waals surface area contributed by atoms with Crippen molar-refractivity contribution in [3.8, 4) is 0 Å². The molecule has 0 saturated carbocycles. The molecule has 2 aromatic rings. The van der Waals surface area contributed by atoms with Gasteiger partial charge in [-0.2, -0.15) is 5.10 Å². The predicted octanol–water partition coefficient (Wildman–Crippen LogP) is 0.884. The summed E-state index contributed by atoms with van der Waals surface area (Å²) >= 11 is 0. The average Bonchev–Trinajstić information content (AvgIpc) is 3.02. The average molecular weight is 303 g/mol. The van der Waals surface area contributed by atoms with Crippen molar-refractivity contribution < 1.29 is 14.1 Å². The molecule has 0 radical (unpaired) electrons. The Labute approximate surface area is 126 Å². The number of anilines is 1. The molecule has 2 heterocycles. The zero-order chi connectivity index (χ0) is 15.9. The monoisotopic (exact) mass is 303 g/mol. The van der Waals surface area contributed by atoms with Gasteiger partial charge in [0.05, 0.1) is 11.9 Å². The van der Waals surface area contributed by atoms with Gasteiger partial charge in [-0.15, -0.1) is 0 Å². The molecule has 2 amide bonds. The Morgan fingerprint density at radius 2 is 2.27 bits per heavy atom. The smallest absolute Gasteiger partial charge is 0.278 e. The SMILES string of the molecule is C[C@H]1CCc2onc(C(=O)Nc3cnn(C)c3C(N)=O)c2C1. The van der Waals surface area contributed by atoms with E-state index in [9.17, 15) is 9.59 Å². The van der Waals surface area contributed by atoms with Crippen molar-refractivity contribution in [1.82, 2.24) is 14.9 Å². The lowest BCUT2D eigenvalue weighted by Crippen LogP contribution is -2.21. The lowest BCUT2D eigenvalue weighted by molar-refractivity contribution is 0.0992. The molecular formula is C14H17N5O3. The van der Waals surface area contributed by atoms with Gasteiger partial charge < -0.3 is 15.6 Å². The number of primary amides is 1. The highest BCUT2D eigenvalue weighted by Crippen LogP contribution is 2.28. The fourth-order valence-corrected chi connectivity index (χ4v) is 2.76. The third-order valence-corrected chi connectivity index (χ3v) is 3.92. The van der Waals surface area contributed by atoms with Gasteiger partial charge in [-0.05, 0) is 18.8 Å². The maximum absolute atomic E-state index is 12.4. The number of rotatable bonds is 3. The number of aryl methyl sites for hydroxylation is 2. The van der Waals surface area contributed by atoms with Crippen LogP contribution in [0.3, 0.4) is 0 Å². The molecule has 0 fully saturated rings. The second-order valence-electron chi connectivity index (χ2n) is 5.63. The number of fused-ring (bicyclic) bond motifs is 1. The Hall–Kier alpha value is -2.64. The summed E-state index contributed by atoms with van der Waals surface area (Å²) < 4.78 is 6.57. The molecule has 2 aromatic heterocycles. The third kappa shape index (κ3) is 2.36. The van der Waals surface area contributed by atoms with E-state index in [4.69, 9.17) is 10.3 Å². The number of aromatic nitrogens is 3. The Bertz CT molecular complexity index is 746. The minimum absolute atomic E-state index is 0.138. The van der Waals surface area contributed by atoms with Crippen molar-refractivity contribution >= 4 is 17.5 Å². The van der Waals surface area contributed by atoms with Crippen LogP contribution in [0.15, 0.2) is 10.7 Å². The first-order valence-corrected chi connectivity index (χ1v) is 7.08. The molecule has 0 aliphatic heterocycles. The van der Waals surface area contributed by atoms with Gasteiger partial charge in [-0.25, -0.2) is 0 Å². The highest BCUT2D eigenvalue weighted by atomic mass is 16.5. The zero-order valence-corrected chi connectivity index (χ0v) is 12.4. The van der Waals surface area contributed by atoms with E-state index in [-0.39, 0.29) is 17.1 Å². The summed E-state index contributed by atoms with van der Waals surface area (Å²) in [6.45, 7) is 2.13. The Morgan fingerprint density at radius 1 is 1.50 bits per heavy atom. The van der Waals surface area contributed by atoms with Crippen molar-refractivity contribution in [2.75, 3.05) is 5.32 Å². The number of amides is 2. The molecule has 3 N–H and O–H groups in total. The standard InChI is InChI=1S/C14H17N5O3/c1-7-3-4-10-8(5-7)11(18-22-10)14(21)17-9-6-16-19(2)12(9)13(15)20/h6-7H,3-5H2,1-2H3,(H2,15,20)(H,17,21)/t7-/m0/s1. The number of nitrogens with two attached hydrogens (primary N) is 1. The van der Waals surface area contributed by atoms with E-state index in [1.165, 1.54) is 10.9 Å². The number of nitrogens with one attached hydrogen (secondary N) is 1. The van der Waals surface area contributed by atoms with Crippen LogP contribution in [0.4, 0.5) is 5.69 Å². The van der Waals surface area contributed by atoms with E-state index >= 15 is 0 Å². The van der Waals surface area contributed by atoms with E-state index in [1.807, 2.05) is 0 Å². The van der Waals surface area contributed by atoms with Gasteiger partial charge in [0.25, 0.3) is 11.8 Å². The molecule has 1 aliphatic rings. The summed E-state index contributed by atoms with van der Waals surface area (Å²) in [6, 6.07) is 0. The molecule has 0 aromatic carbocycles. The van der Waals surface area contributed by atoms with Crippen molar-refractivity contribution in [1.29, 1.82) is 0 Å². The lowest BCUT2D eigenvalue weighted by Gasteiger charge is -2.16. The van der Waals surface area contributed by atoms with Gasteiger partial charge >= 0.3 is 0 Å². The molecule has 0 spiro atoms. The van der Waals surface area contributed by atoms with E-state index < -0.39 is 11.8 Å². The third-order valence-electron chi connectivity index (χ3n) is 3.92. The van der Waals surface area contributed by atoms with Gasteiger partial charge in [-0.1, -0.05) is 12.1 Å². The van der Waals surface area contributed by atoms with Crippen LogP contribution in [0, 0.1) is 5.92 Å². The molecule has 0 bridgehead atoms. The van der Waals surface area contributed by atoms with Crippen LogP contribution >= 0.6 is 0 Å². The van der Waals surface area contributed by atoms with Crippen molar-refractivity contribution in [2.45, 2.75) is 26.2 Å². The summed E-state index contributed by atoms with van der Waals surface area (Å²) in [5.41, 5.74) is 6.81. The predicted molar refractivity (Wildman–Crippen MR) is 77.4 cm³/mol. The van der Waals surface area contributed by atoms with Gasteiger partial charge in [0.15, 0.2) is 5.69 Å². The molecular weight excluding hydrogens is 286 g/mol.